The third-order valence-electron chi connectivity index (χ3n) is 3.57. The van der Waals surface area contributed by atoms with E-state index < -0.39 is 34.1 Å². The highest BCUT2D eigenvalue weighted by Gasteiger charge is 2.32. The van der Waals surface area contributed by atoms with Gasteiger partial charge < -0.3 is 9.47 Å². The molecule has 10 heteroatoms. The Morgan fingerprint density at radius 1 is 1.19 bits per heavy atom. The molecule has 1 aromatic rings. The van der Waals surface area contributed by atoms with Gasteiger partial charge >= 0.3 is 12.3 Å². The standard InChI is InChI=1S/C16H22F3NO5S/c1-4-11(3)10-14(15(21)24-5-2)20-26(22,23)13-8-6-12(7-9-13)25-16(17,18)19/h6-9,11,14,20H,4-5,10H2,1-3H3. The van der Waals surface area contributed by atoms with Crippen LogP contribution in [0.2, 0.25) is 0 Å². The van der Waals surface area contributed by atoms with Gasteiger partial charge in [-0.3, -0.25) is 4.79 Å². The van der Waals surface area contributed by atoms with Crippen LogP contribution in [0.4, 0.5) is 13.2 Å². The number of rotatable bonds is 9. The van der Waals surface area contributed by atoms with Crippen LogP contribution in [0.3, 0.4) is 0 Å². The van der Waals surface area contributed by atoms with E-state index >= 15 is 0 Å². The number of alkyl halides is 3. The predicted molar refractivity (Wildman–Crippen MR) is 87.9 cm³/mol. The van der Waals surface area contributed by atoms with Gasteiger partial charge in [0.05, 0.1) is 11.5 Å². The Kier molecular flexibility index (Phi) is 7.88. The molecule has 0 aliphatic carbocycles. The molecule has 2 atom stereocenters. The first-order chi connectivity index (χ1) is 12.0. The molecule has 1 rings (SSSR count). The molecule has 26 heavy (non-hydrogen) atoms. The maximum Gasteiger partial charge on any atom is 0.573 e. The fourth-order valence-electron chi connectivity index (χ4n) is 2.08. The zero-order valence-electron chi connectivity index (χ0n) is 14.7. The van der Waals surface area contributed by atoms with E-state index in [9.17, 15) is 26.4 Å². The SMILES string of the molecule is CCOC(=O)C(CC(C)CC)NS(=O)(=O)c1ccc(OC(F)(F)F)cc1. The zero-order chi connectivity index (χ0) is 20.0. The second-order valence-electron chi connectivity index (χ2n) is 5.69. The van der Waals surface area contributed by atoms with Gasteiger partial charge in [0, 0.05) is 0 Å². The highest BCUT2D eigenvalue weighted by Crippen LogP contribution is 2.24. The van der Waals surface area contributed by atoms with E-state index in [2.05, 4.69) is 9.46 Å². The molecule has 0 aliphatic heterocycles. The van der Waals surface area contributed by atoms with E-state index in [0.29, 0.717) is 0 Å². The molecule has 0 saturated heterocycles. The Hall–Kier alpha value is -1.81. The largest absolute Gasteiger partial charge is 0.573 e. The van der Waals surface area contributed by atoms with E-state index in [-0.39, 0.29) is 23.8 Å². The number of nitrogens with one attached hydrogen (secondary N) is 1. The Bertz CT molecular complexity index is 689. The maximum atomic E-state index is 12.4. The van der Waals surface area contributed by atoms with Crippen molar-refractivity contribution in [2.75, 3.05) is 6.61 Å². The van der Waals surface area contributed by atoms with Crippen molar-refractivity contribution >= 4 is 16.0 Å². The third-order valence-corrected chi connectivity index (χ3v) is 5.06. The molecule has 0 saturated carbocycles. The van der Waals surface area contributed by atoms with Gasteiger partial charge in [0.2, 0.25) is 10.0 Å². The molecule has 0 aliphatic rings. The number of esters is 1. The number of carbonyl (C=O) groups excluding carboxylic acids is 1. The molecule has 0 heterocycles. The summed E-state index contributed by atoms with van der Waals surface area (Å²) in [6.07, 6.45) is -3.89. The summed E-state index contributed by atoms with van der Waals surface area (Å²) in [4.78, 5) is 11.7. The number of sulfonamides is 1. The summed E-state index contributed by atoms with van der Waals surface area (Å²) in [6, 6.07) is 2.62. The molecule has 0 spiro atoms. The molecular weight excluding hydrogens is 375 g/mol. The Labute approximate surface area is 150 Å². The van der Waals surface area contributed by atoms with Crippen molar-refractivity contribution in [2.45, 2.75) is 50.9 Å². The molecular formula is C16H22F3NO5S. The minimum atomic E-state index is -4.87. The molecule has 148 valence electrons. The summed E-state index contributed by atoms with van der Waals surface area (Å²) in [6.45, 7) is 5.47. The lowest BCUT2D eigenvalue weighted by atomic mass is 10.00. The van der Waals surface area contributed by atoms with Gasteiger partial charge in [-0.1, -0.05) is 20.3 Å². The quantitative estimate of drug-likeness (QED) is 0.647. The van der Waals surface area contributed by atoms with Crippen molar-refractivity contribution < 1.29 is 35.9 Å². The van der Waals surface area contributed by atoms with Gasteiger partial charge in [-0.05, 0) is 43.5 Å². The molecule has 0 bridgehead atoms. The van der Waals surface area contributed by atoms with Gasteiger partial charge in [0.15, 0.2) is 0 Å². The first-order valence-electron chi connectivity index (χ1n) is 8.03. The number of ether oxygens (including phenoxy) is 2. The molecule has 6 nitrogen and oxygen atoms in total. The number of hydrogen-bond acceptors (Lipinski definition) is 5. The smallest absolute Gasteiger partial charge is 0.465 e. The van der Waals surface area contributed by atoms with Crippen LogP contribution in [0.1, 0.15) is 33.6 Å². The minimum absolute atomic E-state index is 0.0645. The van der Waals surface area contributed by atoms with Gasteiger partial charge in [0.25, 0.3) is 0 Å². The van der Waals surface area contributed by atoms with Gasteiger partial charge in [-0.15, -0.1) is 13.2 Å². The lowest BCUT2D eigenvalue weighted by molar-refractivity contribution is -0.274. The van der Waals surface area contributed by atoms with E-state index in [1.807, 2.05) is 13.8 Å². The van der Waals surface area contributed by atoms with Crippen LogP contribution in [0, 0.1) is 5.92 Å². The first kappa shape index (κ1) is 22.2. The van der Waals surface area contributed by atoms with Crippen LogP contribution in [0.25, 0.3) is 0 Å². The Balaban J connectivity index is 2.97. The van der Waals surface area contributed by atoms with Crippen LogP contribution < -0.4 is 9.46 Å². The number of halogens is 3. The lowest BCUT2D eigenvalue weighted by Crippen LogP contribution is -2.42. The summed E-state index contributed by atoms with van der Waals surface area (Å²) in [5, 5.41) is 0. The summed E-state index contributed by atoms with van der Waals surface area (Å²) in [7, 11) is -4.12. The molecule has 0 amide bonds. The van der Waals surface area contributed by atoms with Crippen LogP contribution in [0.15, 0.2) is 29.2 Å². The van der Waals surface area contributed by atoms with E-state index in [1.165, 1.54) is 0 Å². The highest BCUT2D eigenvalue weighted by molar-refractivity contribution is 7.89. The molecule has 2 unspecified atom stereocenters. The Morgan fingerprint density at radius 3 is 2.23 bits per heavy atom. The third kappa shape index (κ3) is 7.20. The van der Waals surface area contributed by atoms with Crippen LogP contribution in [0.5, 0.6) is 5.75 Å². The normalized spacial score (nSPS) is 14.5. The van der Waals surface area contributed by atoms with E-state index in [0.717, 1.165) is 30.7 Å². The van der Waals surface area contributed by atoms with Crippen molar-refractivity contribution in [3.63, 3.8) is 0 Å². The zero-order valence-corrected chi connectivity index (χ0v) is 15.5. The average Bonchev–Trinajstić information content (AvgIpc) is 2.53. The van der Waals surface area contributed by atoms with E-state index in [4.69, 9.17) is 4.74 Å². The minimum Gasteiger partial charge on any atom is -0.465 e. The van der Waals surface area contributed by atoms with Crippen molar-refractivity contribution in [2.24, 2.45) is 5.92 Å². The van der Waals surface area contributed by atoms with Crippen LogP contribution >= 0.6 is 0 Å². The average molecular weight is 397 g/mol. The van der Waals surface area contributed by atoms with Crippen LogP contribution in [-0.2, 0) is 19.6 Å². The number of hydrogen-bond donors (Lipinski definition) is 1. The summed E-state index contributed by atoms with van der Waals surface area (Å²) in [5.41, 5.74) is 0. The summed E-state index contributed by atoms with van der Waals surface area (Å²) >= 11 is 0. The monoisotopic (exact) mass is 397 g/mol. The lowest BCUT2D eigenvalue weighted by Gasteiger charge is -2.20. The van der Waals surface area contributed by atoms with Gasteiger partial charge in [-0.25, -0.2) is 8.42 Å². The molecule has 0 aromatic heterocycles. The van der Waals surface area contributed by atoms with E-state index in [1.54, 1.807) is 6.92 Å². The fraction of sp³-hybridized carbons (Fsp3) is 0.562. The topological polar surface area (TPSA) is 81.7 Å². The fourth-order valence-corrected chi connectivity index (χ4v) is 3.28. The number of carbonyl (C=O) groups is 1. The molecule has 1 N–H and O–H groups in total. The van der Waals surface area contributed by atoms with Crippen LogP contribution in [-0.4, -0.2) is 33.4 Å². The van der Waals surface area contributed by atoms with Crippen molar-refractivity contribution in [1.29, 1.82) is 0 Å². The van der Waals surface area contributed by atoms with Gasteiger partial charge in [-0.2, -0.15) is 4.72 Å². The van der Waals surface area contributed by atoms with Crippen molar-refractivity contribution in [3.8, 4) is 5.75 Å². The predicted octanol–water partition coefficient (Wildman–Crippen LogP) is 3.23. The highest BCUT2D eigenvalue weighted by atomic mass is 32.2. The number of benzene rings is 1. The second kappa shape index (κ2) is 9.22. The summed E-state index contributed by atoms with van der Waals surface area (Å²) in [5.74, 6) is -1.18. The second-order valence-corrected chi connectivity index (χ2v) is 7.41. The summed E-state index contributed by atoms with van der Waals surface area (Å²) < 4.78 is 72.2. The molecule has 1 aromatic carbocycles. The molecule has 0 radical (unpaired) electrons. The van der Waals surface area contributed by atoms with Crippen molar-refractivity contribution in [1.82, 2.24) is 4.72 Å². The van der Waals surface area contributed by atoms with Crippen molar-refractivity contribution in [3.05, 3.63) is 24.3 Å². The molecule has 0 fully saturated rings. The Morgan fingerprint density at radius 2 is 1.77 bits per heavy atom. The first-order valence-corrected chi connectivity index (χ1v) is 9.51. The maximum absolute atomic E-state index is 12.4. The van der Waals surface area contributed by atoms with Gasteiger partial charge in [0.1, 0.15) is 11.8 Å².